The maximum atomic E-state index is 6.14. The van der Waals surface area contributed by atoms with Crippen molar-refractivity contribution in [3.05, 3.63) is 0 Å². The van der Waals surface area contributed by atoms with E-state index >= 15 is 0 Å². The quantitative estimate of drug-likeness (QED) is 0.329. The van der Waals surface area contributed by atoms with Crippen LogP contribution in [0.25, 0.3) is 0 Å². The summed E-state index contributed by atoms with van der Waals surface area (Å²) in [5, 5.41) is 3.21. The standard InChI is InChI=1S/C8H18IN2/c1-6(5-11-3)7-4-8(7,10)9-2/h6-7,11H,4-5,10H2,1-3H3/q-1. The molecule has 2 nitrogen and oxygen atoms in total. The molecule has 0 aromatic carbocycles. The molecule has 68 valence electrons. The summed E-state index contributed by atoms with van der Waals surface area (Å²) in [7, 11) is 2.01. The van der Waals surface area contributed by atoms with Gasteiger partial charge in [-0.25, -0.2) is 0 Å². The molecule has 0 aliphatic heterocycles. The number of nitrogens with two attached hydrogens (primary N) is 1. The third kappa shape index (κ3) is 2.06. The fourth-order valence-corrected chi connectivity index (χ4v) is 3.96. The van der Waals surface area contributed by atoms with Crippen molar-refractivity contribution in [3.8, 4) is 0 Å². The van der Waals surface area contributed by atoms with Gasteiger partial charge in [0, 0.05) is 0 Å². The normalized spacial score (nSPS) is 39.1. The van der Waals surface area contributed by atoms with Crippen LogP contribution >= 0.6 is 0 Å². The molecule has 3 atom stereocenters. The van der Waals surface area contributed by atoms with E-state index in [1.54, 1.807) is 0 Å². The Kier molecular flexibility index (Phi) is 3.17. The van der Waals surface area contributed by atoms with Gasteiger partial charge in [-0.05, 0) is 0 Å². The number of rotatable bonds is 4. The number of nitrogens with one attached hydrogen (secondary N) is 1. The van der Waals surface area contributed by atoms with Gasteiger partial charge in [-0.3, -0.25) is 0 Å². The SMILES string of the molecule is CNCC(C)C1CC1(N)[I-]C. The molecule has 1 fully saturated rings. The summed E-state index contributed by atoms with van der Waals surface area (Å²) in [6.45, 7) is 3.42. The average Bonchev–Trinajstić information content (AvgIpc) is 2.65. The molecule has 0 saturated heterocycles. The molecule has 1 aliphatic carbocycles. The molecule has 3 heteroatoms. The second-order valence-corrected chi connectivity index (χ2v) is 6.55. The zero-order chi connectivity index (χ0) is 8.48. The number of halogens is 1. The number of hydrogen-bond acceptors (Lipinski definition) is 2. The molecule has 3 unspecified atom stereocenters. The van der Waals surface area contributed by atoms with Gasteiger partial charge in [0.2, 0.25) is 0 Å². The summed E-state index contributed by atoms with van der Waals surface area (Å²) < 4.78 is 0.301. The summed E-state index contributed by atoms with van der Waals surface area (Å²) in [6.07, 6.45) is 1.28. The predicted molar refractivity (Wildman–Crippen MR) is 44.0 cm³/mol. The Morgan fingerprint density at radius 3 is 2.82 bits per heavy atom. The van der Waals surface area contributed by atoms with Gasteiger partial charge < -0.3 is 0 Å². The van der Waals surface area contributed by atoms with Crippen LogP contribution < -0.4 is 32.3 Å². The average molecular weight is 269 g/mol. The second kappa shape index (κ2) is 3.58. The predicted octanol–water partition coefficient (Wildman–Crippen LogP) is -2.76. The van der Waals surface area contributed by atoms with Gasteiger partial charge >= 0.3 is 79.5 Å². The van der Waals surface area contributed by atoms with Crippen molar-refractivity contribution >= 4 is 0 Å². The molecular formula is C8H18IN2-. The summed E-state index contributed by atoms with van der Waals surface area (Å²) in [5.41, 5.74) is 6.14. The summed E-state index contributed by atoms with van der Waals surface area (Å²) >= 11 is 0.240. The molecule has 1 aliphatic rings. The van der Waals surface area contributed by atoms with Crippen molar-refractivity contribution in [1.82, 2.24) is 5.32 Å². The van der Waals surface area contributed by atoms with Gasteiger partial charge in [0.25, 0.3) is 0 Å². The first-order chi connectivity index (χ1) is 5.14. The van der Waals surface area contributed by atoms with Crippen LogP contribution in [-0.4, -0.2) is 22.1 Å². The van der Waals surface area contributed by atoms with Gasteiger partial charge in [0.15, 0.2) is 0 Å². The number of hydrogen-bond donors (Lipinski definition) is 2. The van der Waals surface area contributed by atoms with Crippen molar-refractivity contribution in [1.29, 1.82) is 0 Å². The number of alkyl halides is 2. The molecule has 0 heterocycles. The molecule has 0 aromatic rings. The first kappa shape index (κ1) is 9.74. The minimum absolute atomic E-state index is 0.240. The monoisotopic (exact) mass is 269 g/mol. The maximum absolute atomic E-state index is 6.14. The van der Waals surface area contributed by atoms with Gasteiger partial charge in [-0.1, -0.05) is 0 Å². The van der Waals surface area contributed by atoms with Crippen molar-refractivity contribution in [3.63, 3.8) is 0 Å². The van der Waals surface area contributed by atoms with Gasteiger partial charge in [-0.15, -0.1) is 0 Å². The van der Waals surface area contributed by atoms with Gasteiger partial charge in [-0.2, -0.15) is 0 Å². The van der Waals surface area contributed by atoms with E-state index in [2.05, 4.69) is 17.2 Å². The molecule has 0 bridgehead atoms. The Balaban J connectivity index is 2.30. The van der Waals surface area contributed by atoms with Crippen LogP contribution in [0.15, 0.2) is 0 Å². The van der Waals surface area contributed by atoms with E-state index < -0.39 is 0 Å². The van der Waals surface area contributed by atoms with Crippen LogP contribution in [0.2, 0.25) is 0 Å². The fraction of sp³-hybridized carbons (Fsp3) is 1.00. The van der Waals surface area contributed by atoms with E-state index in [0.29, 0.717) is 3.55 Å². The molecule has 0 amide bonds. The van der Waals surface area contributed by atoms with E-state index in [0.717, 1.165) is 18.4 Å². The van der Waals surface area contributed by atoms with E-state index in [1.165, 1.54) is 6.42 Å². The zero-order valence-corrected chi connectivity index (χ0v) is 9.68. The van der Waals surface area contributed by atoms with Crippen molar-refractivity contribution in [2.24, 2.45) is 17.6 Å². The molecule has 3 N–H and O–H groups in total. The topological polar surface area (TPSA) is 38.0 Å². The van der Waals surface area contributed by atoms with Crippen molar-refractivity contribution < 1.29 is 21.2 Å². The van der Waals surface area contributed by atoms with E-state index in [9.17, 15) is 0 Å². The molecule has 0 aromatic heterocycles. The second-order valence-electron chi connectivity index (χ2n) is 3.46. The van der Waals surface area contributed by atoms with Crippen molar-refractivity contribution in [2.45, 2.75) is 16.9 Å². The molecule has 11 heavy (non-hydrogen) atoms. The van der Waals surface area contributed by atoms with E-state index in [4.69, 9.17) is 5.73 Å². The van der Waals surface area contributed by atoms with Crippen LogP contribution in [0.1, 0.15) is 13.3 Å². The Hall–Kier alpha value is 0.650. The van der Waals surface area contributed by atoms with Crippen LogP contribution in [0.5, 0.6) is 0 Å². The van der Waals surface area contributed by atoms with Crippen LogP contribution in [0.3, 0.4) is 0 Å². The molecule has 1 rings (SSSR count). The Morgan fingerprint density at radius 2 is 2.45 bits per heavy atom. The van der Waals surface area contributed by atoms with Crippen LogP contribution in [-0.2, 0) is 0 Å². The molecule has 0 radical (unpaired) electrons. The van der Waals surface area contributed by atoms with Crippen LogP contribution in [0.4, 0.5) is 0 Å². The zero-order valence-electron chi connectivity index (χ0n) is 7.52. The van der Waals surface area contributed by atoms with Crippen molar-refractivity contribution in [2.75, 3.05) is 18.5 Å². The first-order valence-corrected chi connectivity index (χ1v) is 7.31. The van der Waals surface area contributed by atoms with E-state index in [-0.39, 0.29) is 21.2 Å². The molecular weight excluding hydrogens is 251 g/mol. The summed E-state index contributed by atoms with van der Waals surface area (Å²) in [5.74, 6) is 1.58. The fourth-order valence-electron chi connectivity index (χ4n) is 1.63. The Bertz CT molecular complexity index is 140. The van der Waals surface area contributed by atoms with Gasteiger partial charge in [0.1, 0.15) is 0 Å². The molecule has 0 spiro atoms. The Labute approximate surface area is 79.6 Å². The summed E-state index contributed by atoms with van der Waals surface area (Å²) in [4.78, 5) is 2.30. The van der Waals surface area contributed by atoms with Crippen LogP contribution in [0, 0.1) is 11.8 Å². The van der Waals surface area contributed by atoms with Gasteiger partial charge in [0.05, 0.1) is 0 Å². The Morgan fingerprint density at radius 1 is 1.82 bits per heavy atom. The summed E-state index contributed by atoms with van der Waals surface area (Å²) in [6, 6.07) is 0. The minimum atomic E-state index is 0.240. The van der Waals surface area contributed by atoms with E-state index in [1.807, 2.05) is 7.05 Å². The third-order valence-electron chi connectivity index (χ3n) is 2.55. The molecule has 1 saturated carbocycles. The third-order valence-corrected chi connectivity index (χ3v) is 5.80. The first-order valence-electron chi connectivity index (χ1n) is 4.08.